The van der Waals surface area contributed by atoms with E-state index in [1.54, 1.807) is 6.92 Å². The Morgan fingerprint density at radius 1 is 1.50 bits per heavy atom. The monoisotopic (exact) mass is 111 g/mol. The number of rotatable bonds is 2. The zero-order chi connectivity index (χ0) is 6.57. The highest BCUT2D eigenvalue weighted by atomic mass is 14.4. The van der Waals surface area contributed by atoms with Crippen molar-refractivity contribution < 1.29 is 0 Å². The van der Waals surface area contributed by atoms with Crippen molar-refractivity contribution in [1.82, 2.24) is 0 Å². The summed E-state index contributed by atoms with van der Waals surface area (Å²) in [5.74, 6) is 0.565. The molecule has 0 aliphatic rings. The van der Waals surface area contributed by atoms with E-state index in [2.05, 4.69) is 13.8 Å². The normalized spacial score (nSPS) is 11.0. The number of allylic oxidation sites excluding steroid dienone is 2. The molecule has 0 unspecified atom stereocenters. The van der Waals surface area contributed by atoms with Gasteiger partial charge in [-0.2, -0.15) is 0 Å². The van der Waals surface area contributed by atoms with E-state index in [1.807, 2.05) is 12.2 Å². The summed E-state index contributed by atoms with van der Waals surface area (Å²) in [5, 5.41) is 7.00. The molecule has 0 aromatic carbocycles. The summed E-state index contributed by atoms with van der Waals surface area (Å²) in [6.07, 6.45) is 3.84. The second-order valence-corrected chi connectivity index (χ2v) is 2.29. The standard InChI is InChI=1S/C7H13N/c1-6(2)4-5-7(3)8/h4-6,8H,1-3H3/b5-4-,8-7?. The van der Waals surface area contributed by atoms with E-state index in [0.717, 1.165) is 0 Å². The lowest BCUT2D eigenvalue weighted by Gasteiger charge is -1.90. The fraction of sp³-hybridized carbons (Fsp3) is 0.571. The van der Waals surface area contributed by atoms with E-state index in [1.165, 1.54) is 0 Å². The fourth-order valence-corrected chi connectivity index (χ4v) is 0.337. The smallest absolute Gasteiger partial charge is 0.0279 e. The van der Waals surface area contributed by atoms with Crippen LogP contribution in [0, 0.1) is 11.3 Å². The molecule has 0 amide bonds. The molecule has 0 heterocycles. The Labute approximate surface area is 50.9 Å². The van der Waals surface area contributed by atoms with E-state index in [-0.39, 0.29) is 0 Å². The van der Waals surface area contributed by atoms with Crippen molar-refractivity contribution in [2.45, 2.75) is 20.8 Å². The first kappa shape index (κ1) is 7.41. The van der Waals surface area contributed by atoms with E-state index < -0.39 is 0 Å². The number of nitrogens with one attached hydrogen (secondary N) is 1. The van der Waals surface area contributed by atoms with Gasteiger partial charge >= 0.3 is 0 Å². The zero-order valence-corrected chi connectivity index (χ0v) is 5.73. The molecule has 0 atom stereocenters. The molecule has 0 aliphatic carbocycles. The third kappa shape index (κ3) is 5.41. The topological polar surface area (TPSA) is 23.9 Å². The Morgan fingerprint density at radius 2 is 2.00 bits per heavy atom. The zero-order valence-electron chi connectivity index (χ0n) is 5.73. The second kappa shape index (κ2) is 3.42. The van der Waals surface area contributed by atoms with Crippen LogP contribution in [0.3, 0.4) is 0 Å². The molecule has 0 aromatic heterocycles. The molecule has 46 valence electrons. The molecule has 0 saturated heterocycles. The minimum Gasteiger partial charge on any atom is -0.306 e. The predicted octanol–water partition coefficient (Wildman–Crippen LogP) is 2.24. The molecule has 0 bridgehead atoms. The van der Waals surface area contributed by atoms with Gasteiger partial charge in [0.15, 0.2) is 0 Å². The van der Waals surface area contributed by atoms with Gasteiger partial charge in [0.2, 0.25) is 0 Å². The largest absolute Gasteiger partial charge is 0.306 e. The lowest BCUT2D eigenvalue weighted by Crippen LogP contribution is -1.82. The van der Waals surface area contributed by atoms with Gasteiger partial charge in [-0.1, -0.05) is 19.9 Å². The molecule has 8 heavy (non-hydrogen) atoms. The van der Waals surface area contributed by atoms with Gasteiger partial charge in [0.05, 0.1) is 0 Å². The first-order chi connectivity index (χ1) is 3.63. The van der Waals surface area contributed by atoms with Gasteiger partial charge in [-0.25, -0.2) is 0 Å². The van der Waals surface area contributed by atoms with E-state index in [4.69, 9.17) is 5.41 Å². The van der Waals surface area contributed by atoms with Crippen LogP contribution in [0.4, 0.5) is 0 Å². The highest BCUT2D eigenvalue weighted by Gasteiger charge is 1.81. The summed E-state index contributed by atoms with van der Waals surface area (Å²) in [5.41, 5.74) is 0.624. The van der Waals surface area contributed by atoms with Crippen LogP contribution in [0.5, 0.6) is 0 Å². The van der Waals surface area contributed by atoms with Crippen molar-refractivity contribution in [3.8, 4) is 0 Å². The molecule has 1 N–H and O–H groups in total. The molecule has 0 radical (unpaired) electrons. The summed E-state index contributed by atoms with van der Waals surface area (Å²) in [6.45, 7) is 5.97. The van der Waals surface area contributed by atoms with Crippen LogP contribution < -0.4 is 0 Å². The summed E-state index contributed by atoms with van der Waals surface area (Å²) in [4.78, 5) is 0. The summed E-state index contributed by atoms with van der Waals surface area (Å²) in [6, 6.07) is 0. The minimum atomic E-state index is 0.565. The lowest BCUT2D eigenvalue weighted by molar-refractivity contribution is 0.832. The van der Waals surface area contributed by atoms with Crippen molar-refractivity contribution in [3.63, 3.8) is 0 Å². The summed E-state index contributed by atoms with van der Waals surface area (Å²) >= 11 is 0. The van der Waals surface area contributed by atoms with Crippen LogP contribution in [0.15, 0.2) is 12.2 Å². The highest BCUT2D eigenvalue weighted by Crippen LogP contribution is 1.92. The van der Waals surface area contributed by atoms with Crippen molar-refractivity contribution in [2.24, 2.45) is 5.92 Å². The lowest BCUT2D eigenvalue weighted by atomic mass is 10.2. The van der Waals surface area contributed by atoms with E-state index in [9.17, 15) is 0 Å². The van der Waals surface area contributed by atoms with Crippen LogP contribution in [-0.2, 0) is 0 Å². The minimum absolute atomic E-state index is 0.565. The molecule has 1 heteroatoms. The first-order valence-corrected chi connectivity index (χ1v) is 2.86. The maximum atomic E-state index is 7.00. The SMILES string of the molecule is CC(=N)/C=C\C(C)C. The Morgan fingerprint density at radius 3 is 2.12 bits per heavy atom. The second-order valence-electron chi connectivity index (χ2n) is 2.29. The molecular weight excluding hydrogens is 98.1 g/mol. The maximum Gasteiger partial charge on any atom is 0.0279 e. The van der Waals surface area contributed by atoms with Crippen molar-refractivity contribution in [1.29, 1.82) is 5.41 Å². The van der Waals surface area contributed by atoms with Gasteiger partial charge < -0.3 is 5.41 Å². The summed E-state index contributed by atoms with van der Waals surface area (Å²) < 4.78 is 0. The quantitative estimate of drug-likeness (QED) is 0.528. The van der Waals surface area contributed by atoms with Gasteiger partial charge in [0, 0.05) is 5.71 Å². The van der Waals surface area contributed by atoms with Crippen molar-refractivity contribution in [3.05, 3.63) is 12.2 Å². The molecule has 0 rings (SSSR count). The van der Waals surface area contributed by atoms with Gasteiger partial charge in [0.1, 0.15) is 0 Å². The number of hydrogen-bond acceptors (Lipinski definition) is 1. The molecule has 1 nitrogen and oxygen atoms in total. The molecule has 0 aliphatic heterocycles. The van der Waals surface area contributed by atoms with Gasteiger partial charge in [-0.15, -0.1) is 0 Å². The van der Waals surface area contributed by atoms with Gasteiger partial charge in [0.25, 0.3) is 0 Å². The molecule has 0 aromatic rings. The van der Waals surface area contributed by atoms with Crippen LogP contribution in [0.1, 0.15) is 20.8 Å². The third-order valence-electron chi connectivity index (χ3n) is 0.731. The van der Waals surface area contributed by atoms with Gasteiger partial charge in [-0.05, 0) is 18.9 Å². The third-order valence-corrected chi connectivity index (χ3v) is 0.731. The Kier molecular flexibility index (Phi) is 3.16. The van der Waals surface area contributed by atoms with Crippen LogP contribution in [0.2, 0.25) is 0 Å². The predicted molar refractivity (Wildman–Crippen MR) is 37.4 cm³/mol. The molecule has 0 spiro atoms. The van der Waals surface area contributed by atoms with Crippen molar-refractivity contribution in [2.75, 3.05) is 0 Å². The maximum absolute atomic E-state index is 7.00. The highest BCUT2D eigenvalue weighted by molar-refractivity contribution is 5.89. The Bertz CT molecular complexity index is 101. The van der Waals surface area contributed by atoms with E-state index >= 15 is 0 Å². The molecular formula is C7H13N. The number of hydrogen-bond donors (Lipinski definition) is 1. The molecule has 0 saturated carbocycles. The van der Waals surface area contributed by atoms with Gasteiger partial charge in [-0.3, -0.25) is 0 Å². The Balaban J connectivity index is 3.50. The van der Waals surface area contributed by atoms with Crippen LogP contribution in [-0.4, -0.2) is 5.71 Å². The van der Waals surface area contributed by atoms with E-state index in [0.29, 0.717) is 11.6 Å². The average molecular weight is 111 g/mol. The fourth-order valence-electron chi connectivity index (χ4n) is 0.337. The first-order valence-electron chi connectivity index (χ1n) is 2.86. The van der Waals surface area contributed by atoms with Crippen LogP contribution >= 0.6 is 0 Å². The Hall–Kier alpha value is -0.590. The molecule has 0 fully saturated rings. The average Bonchev–Trinajstić information content (AvgIpc) is 1.61. The summed E-state index contributed by atoms with van der Waals surface area (Å²) in [7, 11) is 0. The van der Waals surface area contributed by atoms with Crippen LogP contribution in [0.25, 0.3) is 0 Å². The van der Waals surface area contributed by atoms with Crippen molar-refractivity contribution >= 4 is 5.71 Å².